The number of benzene rings is 1. The molecule has 3 aliphatic rings. The molecule has 0 saturated carbocycles. The van der Waals surface area contributed by atoms with Crippen molar-refractivity contribution in [2.24, 2.45) is 4.99 Å². The highest BCUT2D eigenvalue weighted by Gasteiger charge is 2.25. The zero-order valence-corrected chi connectivity index (χ0v) is 24.7. The number of nitrogens with one attached hydrogen (secondary N) is 2. The van der Waals surface area contributed by atoms with Gasteiger partial charge in [0, 0.05) is 62.0 Å². The molecule has 1 unspecified atom stereocenters. The molecule has 7 heteroatoms. The number of nitrogens with zero attached hydrogens (tertiary/aromatic N) is 3. The lowest BCUT2D eigenvalue weighted by atomic mass is 9.95. The summed E-state index contributed by atoms with van der Waals surface area (Å²) >= 11 is 0. The van der Waals surface area contributed by atoms with Crippen LogP contribution in [0.25, 0.3) is 5.31 Å². The van der Waals surface area contributed by atoms with Gasteiger partial charge in [0.15, 0.2) is 0 Å². The molecule has 0 aliphatic carbocycles. The van der Waals surface area contributed by atoms with Gasteiger partial charge in [-0.25, -0.2) is 4.99 Å². The third-order valence-corrected chi connectivity index (χ3v) is 10.1. The number of hydrogen-bond donors (Lipinski definition) is 2. The lowest BCUT2D eigenvalue weighted by Gasteiger charge is -2.33. The van der Waals surface area contributed by atoms with E-state index >= 15 is 0 Å². The van der Waals surface area contributed by atoms with Crippen LogP contribution >= 0.6 is 7.55 Å². The Morgan fingerprint density at radius 1 is 1.18 bits per heavy atom. The van der Waals surface area contributed by atoms with Crippen molar-refractivity contribution in [3.8, 4) is 0 Å². The van der Waals surface area contributed by atoms with Crippen molar-refractivity contribution in [1.82, 2.24) is 20.4 Å². The Kier molecular flexibility index (Phi) is 8.96. The van der Waals surface area contributed by atoms with E-state index in [4.69, 9.17) is 4.99 Å². The maximum atomic E-state index is 13.6. The van der Waals surface area contributed by atoms with Crippen molar-refractivity contribution >= 4 is 30.4 Å². The second-order valence-electron chi connectivity index (χ2n) is 10.4. The summed E-state index contributed by atoms with van der Waals surface area (Å²) in [6, 6.07) is 4.28. The molecule has 0 radical (unpaired) electrons. The first-order valence-corrected chi connectivity index (χ1v) is 15.5. The van der Waals surface area contributed by atoms with Gasteiger partial charge in [-0.2, -0.15) is 0 Å². The van der Waals surface area contributed by atoms with Gasteiger partial charge in [0.1, 0.15) is 5.82 Å². The van der Waals surface area contributed by atoms with Gasteiger partial charge in [-0.15, -0.1) is 0 Å². The number of rotatable bonds is 5. The second kappa shape index (κ2) is 12.2. The molecule has 0 aromatic heterocycles. The van der Waals surface area contributed by atoms with E-state index in [9.17, 15) is 4.79 Å². The fourth-order valence-corrected chi connectivity index (χ4v) is 8.08. The quantitative estimate of drug-likeness (QED) is 0.326. The van der Waals surface area contributed by atoms with Crippen LogP contribution in [0.1, 0.15) is 47.8 Å². The number of carbonyl (C=O) groups excluding carboxylic acids is 1. The molecule has 1 aromatic rings. The van der Waals surface area contributed by atoms with E-state index in [-0.39, 0.29) is 5.91 Å². The third kappa shape index (κ3) is 5.98. The second-order valence-corrected chi connectivity index (χ2v) is 12.7. The zero-order chi connectivity index (χ0) is 27.4. The highest BCUT2D eigenvalue weighted by atomic mass is 31.1. The number of likely N-dealkylation sites (N-methyl/N-ethyl adjacent to an activating group) is 1. The molecule has 3 heterocycles. The van der Waals surface area contributed by atoms with Crippen LogP contribution in [-0.4, -0.2) is 73.8 Å². The van der Waals surface area contributed by atoms with Gasteiger partial charge >= 0.3 is 0 Å². The van der Waals surface area contributed by atoms with Crippen LogP contribution in [0.3, 0.4) is 0 Å². The number of fused-ring (bicyclic) bond motifs is 2. The smallest absolute Gasteiger partial charge is 0.252 e. The summed E-state index contributed by atoms with van der Waals surface area (Å²) < 4.78 is 0. The summed E-state index contributed by atoms with van der Waals surface area (Å²) in [5, 5.41) is 8.14. The van der Waals surface area contributed by atoms with E-state index in [1.807, 2.05) is 12.3 Å². The average Bonchev–Trinajstić information content (AvgIpc) is 2.92. The topological polar surface area (TPSA) is 60.0 Å². The van der Waals surface area contributed by atoms with Crippen LogP contribution in [-0.2, 0) is 6.42 Å². The largest absolute Gasteiger partial charge is 0.359 e. The lowest BCUT2D eigenvalue weighted by Crippen LogP contribution is -2.43. The zero-order valence-electron chi connectivity index (χ0n) is 23.7. The molecule has 1 atom stereocenters. The van der Waals surface area contributed by atoms with Crippen molar-refractivity contribution in [3.63, 3.8) is 0 Å². The minimum absolute atomic E-state index is 0.0199. The highest BCUT2D eigenvalue weighted by molar-refractivity contribution is 7.68. The normalized spacial score (nSPS) is 23.3. The molecule has 38 heavy (non-hydrogen) atoms. The summed E-state index contributed by atoms with van der Waals surface area (Å²) in [6.07, 6.45) is 10.8. The first-order chi connectivity index (χ1) is 18.2. The van der Waals surface area contributed by atoms with Crippen LogP contribution in [0.4, 0.5) is 0 Å². The van der Waals surface area contributed by atoms with Crippen molar-refractivity contribution in [2.45, 2.75) is 34.1 Å². The molecule has 4 rings (SSSR count). The van der Waals surface area contributed by atoms with E-state index in [0.29, 0.717) is 13.0 Å². The number of aliphatic imine (C=N–C) groups is 1. The molecule has 1 saturated heterocycles. The maximum Gasteiger partial charge on any atom is 0.252 e. The Hall–Kier alpha value is -3.08. The monoisotopic (exact) mass is 531 g/mol. The first-order valence-electron chi connectivity index (χ1n) is 13.5. The van der Waals surface area contributed by atoms with Gasteiger partial charge in [0.25, 0.3) is 5.91 Å². The molecule has 0 spiro atoms. The number of carbonyl (C=O) groups is 1. The Labute approximate surface area is 229 Å². The van der Waals surface area contributed by atoms with E-state index in [1.54, 1.807) is 6.08 Å². The van der Waals surface area contributed by atoms with Gasteiger partial charge in [-0.05, 0) is 92.8 Å². The molecular formula is C31H42N5OP. The van der Waals surface area contributed by atoms with Crippen molar-refractivity contribution in [2.75, 3.05) is 46.4 Å². The summed E-state index contributed by atoms with van der Waals surface area (Å²) in [7, 11) is 1.03. The Morgan fingerprint density at radius 3 is 2.61 bits per heavy atom. The highest BCUT2D eigenvalue weighted by Crippen LogP contribution is 2.45. The predicted molar refractivity (Wildman–Crippen MR) is 166 cm³/mol. The fourth-order valence-electron chi connectivity index (χ4n) is 5.54. The molecule has 1 fully saturated rings. The molecule has 1 amide bonds. The number of piperazine rings is 1. The molecule has 202 valence electrons. The van der Waals surface area contributed by atoms with Crippen LogP contribution in [0.5, 0.6) is 0 Å². The Morgan fingerprint density at radius 2 is 1.92 bits per heavy atom. The van der Waals surface area contributed by atoms with Crippen molar-refractivity contribution < 1.29 is 4.79 Å². The summed E-state index contributed by atoms with van der Waals surface area (Å²) in [5.41, 5.74) is 8.91. The third-order valence-electron chi connectivity index (χ3n) is 7.58. The van der Waals surface area contributed by atoms with Gasteiger partial charge in [-0.3, -0.25) is 4.79 Å². The fraction of sp³-hybridized carbons (Fsp3) is 0.387. The van der Waals surface area contributed by atoms with E-state index in [1.165, 1.54) is 21.9 Å². The molecule has 2 N–H and O–H groups in total. The lowest BCUT2D eigenvalue weighted by molar-refractivity contribution is 0.0957. The molecular weight excluding hydrogens is 489 g/mol. The SMILES string of the molecule is C=C/C=C(\N=C/Cc1cc(C)c2c(c1)C(=O)NCC1=C(C)C=C(C)N/C1=[PH](C)/C2=C/C)N1CCN(C)CC1. The van der Waals surface area contributed by atoms with Crippen LogP contribution in [0.2, 0.25) is 0 Å². The maximum absolute atomic E-state index is 13.6. The van der Waals surface area contributed by atoms with E-state index < -0.39 is 7.55 Å². The first kappa shape index (κ1) is 27.9. The number of amides is 1. The molecule has 6 nitrogen and oxygen atoms in total. The van der Waals surface area contributed by atoms with Gasteiger partial charge in [0.05, 0.1) is 0 Å². The molecule has 3 aliphatic heterocycles. The summed E-state index contributed by atoms with van der Waals surface area (Å²) in [4.78, 5) is 23.0. The van der Waals surface area contributed by atoms with Crippen molar-refractivity contribution in [3.05, 3.63) is 87.9 Å². The Bertz CT molecular complexity index is 1320. The van der Waals surface area contributed by atoms with E-state index in [2.05, 4.69) is 92.7 Å². The van der Waals surface area contributed by atoms with Gasteiger partial charge < -0.3 is 20.4 Å². The van der Waals surface area contributed by atoms with Crippen molar-refractivity contribution in [1.29, 1.82) is 0 Å². The number of allylic oxidation sites excluding steroid dienone is 6. The standard InChI is InChI=1S/C31H42N5OP/c1-8-10-28(36-15-13-35(6)14-16-36)32-12-11-24-18-22(4)29-25(19-24)30(37)33-20-26-21(3)17-23(5)34-31(26)38(7)27(29)9-2/h8-10,12,17-19,34,38H,1,11,13-16,20H2,2-7H3,(H,33,37)/b27-9+,28-10+,32-12-. The summed E-state index contributed by atoms with van der Waals surface area (Å²) in [6.45, 7) is 19.2. The predicted octanol–water partition coefficient (Wildman–Crippen LogP) is 4.78. The minimum atomic E-state index is -1.12. The number of aryl methyl sites for hydroxylation is 1. The van der Waals surface area contributed by atoms with Crippen LogP contribution in [0, 0.1) is 6.92 Å². The number of dihydropyridines is 1. The average molecular weight is 532 g/mol. The summed E-state index contributed by atoms with van der Waals surface area (Å²) in [5.74, 6) is 0.924. The molecule has 0 bridgehead atoms. The van der Waals surface area contributed by atoms with Crippen LogP contribution < -0.4 is 10.6 Å². The van der Waals surface area contributed by atoms with Gasteiger partial charge in [0.2, 0.25) is 0 Å². The number of hydrogen-bond acceptors (Lipinski definition) is 5. The van der Waals surface area contributed by atoms with E-state index in [0.717, 1.165) is 60.0 Å². The van der Waals surface area contributed by atoms with Crippen LogP contribution in [0.15, 0.2) is 70.7 Å². The molecule has 1 aromatic carbocycles. The minimum Gasteiger partial charge on any atom is -0.359 e. The van der Waals surface area contributed by atoms with Gasteiger partial charge in [-0.1, -0.05) is 32.3 Å². The Balaban J connectivity index is 1.67.